The smallest absolute Gasteiger partial charge is 0.226 e. The summed E-state index contributed by atoms with van der Waals surface area (Å²) in [6, 6.07) is 0. The summed E-state index contributed by atoms with van der Waals surface area (Å²) < 4.78 is 5.75. The molecule has 0 spiro atoms. The van der Waals surface area contributed by atoms with Crippen LogP contribution >= 0.6 is 0 Å². The van der Waals surface area contributed by atoms with Crippen molar-refractivity contribution in [3.63, 3.8) is 0 Å². The van der Waals surface area contributed by atoms with Crippen molar-refractivity contribution in [3.8, 4) is 0 Å². The third-order valence-electron chi connectivity index (χ3n) is 6.39. The van der Waals surface area contributed by atoms with Crippen LogP contribution in [0.4, 0.5) is 0 Å². The first-order valence-corrected chi connectivity index (χ1v) is 8.79. The number of hydrogen-bond acceptors (Lipinski definition) is 3. The topological polar surface area (TPSA) is 41.6 Å². The minimum atomic E-state index is 0.171. The Kier molecular flexibility index (Phi) is 3.70. The third-order valence-corrected chi connectivity index (χ3v) is 6.39. The van der Waals surface area contributed by atoms with E-state index < -0.39 is 0 Å². The van der Waals surface area contributed by atoms with Gasteiger partial charge >= 0.3 is 0 Å². The number of morpholine rings is 1. The summed E-state index contributed by atoms with van der Waals surface area (Å²) >= 11 is 0. The maximum atomic E-state index is 13.1. The number of amides is 1. The highest BCUT2D eigenvalue weighted by molar-refractivity contribution is 5.80. The minimum absolute atomic E-state index is 0.171. The maximum absolute atomic E-state index is 13.1. The van der Waals surface area contributed by atoms with Crippen LogP contribution in [0.25, 0.3) is 0 Å². The predicted octanol–water partition coefficient (Wildman–Crippen LogP) is 1.51. The number of carbonyl (C=O) groups excluding carboxylic acids is 1. The molecule has 1 atom stereocenters. The molecule has 4 saturated carbocycles. The summed E-state index contributed by atoms with van der Waals surface area (Å²) in [6.45, 7) is 3.11. The van der Waals surface area contributed by atoms with Crippen molar-refractivity contribution in [1.82, 2.24) is 10.2 Å². The molecular weight excluding hydrogens is 264 g/mol. The standard InChI is InChI=1S/C17H28N2O2/c1-18-9-15-10-19(2-3-21-15)17(20)16-13-5-11-4-12(7-13)8-14(16)6-11/h11-16,18H,2-10H2,1H3. The van der Waals surface area contributed by atoms with Gasteiger partial charge in [-0.05, 0) is 62.8 Å². The Labute approximate surface area is 127 Å². The molecule has 1 N–H and O–H groups in total. The van der Waals surface area contributed by atoms with E-state index in [9.17, 15) is 4.79 Å². The minimum Gasteiger partial charge on any atom is -0.373 e. The van der Waals surface area contributed by atoms with Crippen molar-refractivity contribution in [1.29, 1.82) is 0 Å². The number of nitrogens with zero attached hydrogens (tertiary/aromatic N) is 1. The lowest BCUT2D eigenvalue weighted by molar-refractivity contribution is -0.155. The van der Waals surface area contributed by atoms with Crippen molar-refractivity contribution in [2.24, 2.45) is 29.6 Å². The van der Waals surface area contributed by atoms with Crippen LogP contribution in [0.15, 0.2) is 0 Å². The molecule has 4 bridgehead atoms. The molecular formula is C17H28N2O2. The molecule has 118 valence electrons. The highest BCUT2D eigenvalue weighted by Gasteiger charge is 2.51. The molecule has 0 aromatic heterocycles. The van der Waals surface area contributed by atoms with Gasteiger partial charge in [0.1, 0.15) is 0 Å². The van der Waals surface area contributed by atoms with Gasteiger partial charge in [-0.25, -0.2) is 0 Å². The molecule has 1 unspecified atom stereocenters. The summed E-state index contributed by atoms with van der Waals surface area (Å²) in [6.07, 6.45) is 6.93. The van der Waals surface area contributed by atoms with Gasteiger partial charge in [-0.1, -0.05) is 0 Å². The van der Waals surface area contributed by atoms with E-state index in [1.807, 2.05) is 7.05 Å². The Balaban J connectivity index is 1.45. The van der Waals surface area contributed by atoms with Gasteiger partial charge in [0.15, 0.2) is 0 Å². The van der Waals surface area contributed by atoms with Gasteiger partial charge in [0.2, 0.25) is 5.91 Å². The highest BCUT2D eigenvalue weighted by atomic mass is 16.5. The molecule has 1 heterocycles. The van der Waals surface area contributed by atoms with Gasteiger partial charge in [0, 0.05) is 25.6 Å². The SMILES string of the molecule is CNCC1CN(C(=O)C2C3CC4CC(C3)CC2C4)CCO1. The molecule has 1 amide bonds. The fraction of sp³-hybridized carbons (Fsp3) is 0.941. The number of hydrogen-bond donors (Lipinski definition) is 1. The first kappa shape index (κ1) is 14.0. The number of carbonyl (C=O) groups is 1. The van der Waals surface area contributed by atoms with Gasteiger partial charge in [-0.3, -0.25) is 4.79 Å². The Morgan fingerprint density at radius 2 is 1.81 bits per heavy atom. The molecule has 0 aromatic rings. The second kappa shape index (κ2) is 5.54. The van der Waals surface area contributed by atoms with Crippen LogP contribution < -0.4 is 5.32 Å². The molecule has 0 aromatic carbocycles. The maximum Gasteiger partial charge on any atom is 0.226 e. The molecule has 5 fully saturated rings. The second-order valence-corrected chi connectivity index (χ2v) is 7.79. The molecule has 5 aliphatic rings. The Morgan fingerprint density at radius 1 is 1.14 bits per heavy atom. The summed E-state index contributed by atoms with van der Waals surface area (Å²) in [5, 5.41) is 3.16. The Morgan fingerprint density at radius 3 is 2.43 bits per heavy atom. The second-order valence-electron chi connectivity index (χ2n) is 7.79. The van der Waals surface area contributed by atoms with E-state index in [2.05, 4.69) is 10.2 Å². The lowest BCUT2D eigenvalue weighted by Gasteiger charge is -2.54. The van der Waals surface area contributed by atoms with Crippen LogP contribution in [0.2, 0.25) is 0 Å². The number of rotatable bonds is 3. The summed E-state index contributed by atoms with van der Waals surface area (Å²) in [7, 11) is 1.95. The molecule has 4 aliphatic carbocycles. The number of ether oxygens (including phenoxy) is 1. The number of likely N-dealkylation sites (N-methyl/N-ethyl adjacent to an activating group) is 1. The normalized spacial score (nSPS) is 45.1. The Bertz CT molecular complexity index is 382. The van der Waals surface area contributed by atoms with Crippen LogP contribution in [0, 0.1) is 29.6 Å². The van der Waals surface area contributed by atoms with E-state index in [-0.39, 0.29) is 6.10 Å². The van der Waals surface area contributed by atoms with E-state index in [0.717, 1.165) is 31.5 Å². The van der Waals surface area contributed by atoms with Gasteiger partial charge in [0.05, 0.1) is 12.7 Å². The Hall–Kier alpha value is -0.610. The van der Waals surface area contributed by atoms with Crippen molar-refractivity contribution < 1.29 is 9.53 Å². The van der Waals surface area contributed by atoms with Gasteiger partial charge in [-0.2, -0.15) is 0 Å². The van der Waals surface area contributed by atoms with Crippen LogP contribution in [0.3, 0.4) is 0 Å². The summed E-state index contributed by atoms with van der Waals surface area (Å²) in [4.78, 5) is 15.2. The van der Waals surface area contributed by atoms with E-state index >= 15 is 0 Å². The number of nitrogens with one attached hydrogen (secondary N) is 1. The van der Waals surface area contributed by atoms with Crippen molar-refractivity contribution in [2.75, 3.05) is 33.3 Å². The summed E-state index contributed by atoms with van der Waals surface area (Å²) in [5.41, 5.74) is 0. The quantitative estimate of drug-likeness (QED) is 0.857. The van der Waals surface area contributed by atoms with Crippen molar-refractivity contribution >= 4 is 5.91 Å². The van der Waals surface area contributed by atoms with E-state index in [1.54, 1.807) is 0 Å². The molecule has 21 heavy (non-hydrogen) atoms. The first-order chi connectivity index (χ1) is 10.2. The van der Waals surface area contributed by atoms with Crippen LogP contribution in [-0.4, -0.2) is 50.2 Å². The fourth-order valence-corrected chi connectivity index (χ4v) is 5.81. The third kappa shape index (κ3) is 2.50. The average molecular weight is 292 g/mol. The fourth-order valence-electron chi connectivity index (χ4n) is 5.81. The lowest BCUT2D eigenvalue weighted by atomic mass is 9.51. The van der Waals surface area contributed by atoms with Crippen molar-refractivity contribution in [3.05, 3.63) is 0 Å². The van der Waals surface area contributed by atoms with Gasteiger partial charge in [-0.15, -0.1) is 0 Å². The van der Waals surface area contributed by atoms with Crippen LogP contribution in [0.1, 0.15) is 32.1 Å². The lowest BCUT2D eigenvalue weighted by Crippen LogP contribution is -2.55. The average Bonchev–Trinajstić information content (AvgIpc) is 2.46. The van der Waals surface area contributed by atoms with Gasteiger partial charge in [0.25, 0.3) is 0 Å². The zero-order chi connectivity index (χ0) is 14.4. The summed E-state index contributed by atoms with van der Waals surface area (Å²) in [5.74, 6) is 4.06. The zero-order valence-corrected chi connectivity index (χ0v) is 13.1. The highest BCUT2D eigenvalue weighted by Crippen LogP contribution is 2.56. The largest absolute Gasteiger partial charge is 0.373 e. The molecule has 1 saturated heterocycles. The van der Waals surface area contributed by atoms with E-state index in [0.29, 0.717) is 30.3 Å². The zero-order valence-electron chi connectivity index (χ0n) is 13.1. The molecule has 4 nitrogen and oxygen atoms in total. The van der Waals surface area contributed by atoms with Crippen LogP contribution in [0.5, 0.6) is 0 Å². The van der Waals surface area contributed by atoms with Gasteiger partial charge < -0.3 is 15.0 Å². The molecule has 1 aliphatic heterocycles. The van der Waals surface area contributed by atoms with Crippen LogP contribution in [-0.2, 0) is 9.53 Å². The van der Waals surface area contributed by atoms with E-state index in [4.69, 9.17) is 4.74 Å². The van der Waals surface area contributed by atoms with Crippen molar-refractivity contribution in [2.45, 2.75) is 38.2 Å². The first-order valence-electron chi connectivity index (χ1n) is 8.79. The monoisotopic (exact) mass is 292 g/mol. The molecule has 4 heteroatoms. The molecule has 0 radical (unpaired) electrons. The molecule has 5 rings (SSSR count). The predicted molar refractivity (Wildman–Crippen MR) is 80.8 cm³/mol. The van der Waals surface area contributed by atoms with E-state index in [1.165, 1.54) is 32.1 Å².